The Balaban J connectivity index is 2.44. The molecule has 0 saturated heterocycles. The molecule has 86 valence electrons. The van der Waals surface area contributed by atoms with E-state index in [1.54, 1.807) is 17.8 Å². The number of benzene rings is 1. The largest absolute Gasteiger partial charge is 0.490 e. The van der Waals surface area contributed by atoms with Gasteiger partial charge in [-0.05, 0) is 32.9 Å². The van der Waals surface area contributed by atoms with Crippen molar-refractivity contribution in [1.29, 1.82) is 0 Å². The second kappa shape index (κ2) is 4.37. The van der Waals surface area contributed by atoms with Gasteiger partial charge in [-0.1, -0.05) is 11.8 Å². The van der Waals surface area contributed by atoms with E-state index in [4.69, 9.17) is 9.47 Å². The average molecular weight is 238 g/mol. The van der Waals surface area contributed by atoms with Crippen molar-refractivity contribution >= 4 is 17.5 Å². The third-order valence-electron chi connectivity index (χ3n) is 2.22. The molecule has 0 amide bonds. The number of thioether (sulfide) groups is 1. The Bertz CT molecular complexity index is 427. The summed E-state index contributed by atoms with van der Waals surface area (Å²) in [5.41, 5.74) is 0.593. The number of hydrogen-bond acceptors (Lipinski definition) is 4. The van der Waals surface area contributed by atoms with Gasteiger partial charge in [0, 0.05) is 0 Å². The van der Waals surface area contributed by atoms with E-state index >= 15 is 0 Å². The molecule has 0 radical (unpaired) electrons. The lowest BCUT2D eigenvalue weighted by molar-refractivity contribution is 0.101. The van der Waals surface area contributed by atoms with Crippen molar-refractivity contribution in [2.45, 2.75) is 31.8 Å². The molecule has 0 aliphatic carbocycles. The zero-order valence-corrected chi connectivity index (χ0v) is 10.4. The Morgan fingerprint density at radius 3 is 2.88 bits per heavy atom. The SMILES string of the molecule is CC(=O)c1cc2c(cc1OC(C)C)SCO2. The molecule has 3 nitrogen and oxygen atoms in total. The van der Waals surface area contributed by atoms with Gasteiger partial charge < -0.3 is 9.47 Å². The predicted octanol–water partition coefficient (Wildman–Crippen LogP) is 3.12. The molecule has 0 unspecified atom stereocenters. The second-order valence-electron chi connectivity index (χ2n) is 3.92. The van der Waals surface area contributed by atoms with Crippen molar-refractivity contribution in [2.75, 3.05) is 5.94 Å². The van der Waals surface area contributed by atoms with Gasteiger partial charge in [0.1, 0.15) is 17.4 Å². The number of fused-ring (bicyclic) bond motifs is 1. The minimum Gasteiger partial charge on any atom is -0.490 e. The van der Waals surface area contributed by atoms with Gasteiger partial charge in [0.05, 0.1) is 16.6 Å². The normalized spacial score (nSPS) is 13.5. The monoisotopic (exact) mass is 238 g/mol. The van der Waals surface area contributed by atoms with Crippen molar-refractivity contribution in [2.24, 2.45) is 0 Å². The number of rotatable bonds is 3. The molecule has 0 bridgehead atoms. The Hall–Kier alpha value is -1.16. The molecule has 16 heavy (non-hydrogen) atoms. The van der Waals surface area contributed by atoms with E-state index < -0.39 is 0 Å². The highest BCUT2D eigenvalue weighted by Crippen LogP contribution is 2.40. The summed E-state index contributed by atoms with van der Waals surface area (Å²) in [6.45, 7) is 5.43. The number of Topliss-reactive ketones (excluding diaryl/α,β-unsaturated/α-hetero) is 1. The molecular formula is C12H14O3S. The first-order valence-corrected chi connectivity index (χ1v) is 6.17. The fraction of sp³-hybridized carbons (Fsp3) is 0.417. The van der Waals surface area contributed by atoms with Crippen molar-refractivity contribution < 1.29 is 14.3 Å². The molecule has 2 rings (SSSR count). The van der Waals surface area contributed by atoms with Crippen molar-refractivity contribution in [3.63, 3.8) is 0 Å². The number of ketones is 1. The highest BCUT2D eigenvalue weighted by molar-refractivity contribution is 7.99. The average Bonchev–Trinajstić information content (AvgIpc) is 2.62. The third kappa shape index (κ3) is 2.16. The predicted molar refractivity (Wildman–Crippen MR) is 63.6 cm³/mol. The minimum atomic E-state index is -0.000972. The fourth-order valence-corrected chi connectivity index (χ4v) is 2.31. The summed E-state index contributed by atoms with van der Waals surface area (Å²) in [6, 6.07) is 3.67. The van der Waals surface area contributed by atoms with Gasteiger partial charge in [-0.3, -0.25) is 4.79 Å². The van der Waals surface area contributed by atoms with E-state index in [1.807, 2.05) is 19.9 Å². The lowest BCUT2D eigenvalue weighted by atomic mass is 10.1. The van der Waals surface area contributed by atoms with Crippen molar-refractivity contribution in [1.82, 2.24) is 0 Å². The molecule has 0 atom stereocenters. The first-order chi connectivity index (χ1) is 7.58. The molecule has 0 saturated carbocycles. The van der Waals surface area contributed by atoms with Crippen LogP contribution in [0.3, 0.4) is 0 Å². The van der Waals surface area contributed by atoms with Gasteiger partial charge >= 0.3 is 0 Å². The maximum atomic E-state index is 11.5. The molecule has 1 aliphatic heterocycles. The van der Waals surface area contributed by atoms with Crippen LogP contribution in [0.1, 0.15) is 31.1 Å². The number of ether oxygens (including phenoxy) is 2. The van der Waals surface area contributed by atoms with Gasteiger partial charge in [-0.25, -0.2) is 0 Å². The fourth-order valence-electron chi connectivity index (χ4n) is 1.55. The van der Waals surface area contributed by atoms with E-state index in [0.29, 0.717) is 17.3 Å². The Kier molecular flexibility index (Phi) is 3.10. The maximum Gasteiger partial charge on any atom is 0.163 e. The highest BCUT2D eigenvalue weighted by atomic mass is 32.2. The van der Waals surface area contributed by atoms with Crippen LogP contribution in [-0.2, 0) is 0 Å². The molecule has 0 spiro atoms. The molecule has 1 heterocycles. The summed E-state index contributed by atoms with van der Waals surface area (Å²) in [6.07, 6.45) is 0.0588. The van der Waals surface area contributed by atoms with E-state index in [2.05, 4.69) is 0 Å². The molecule has 1 aromatic carbocycles. The number of carbonyl (C=O) groups excluding carboxylic acids is 1. The van der Waals surface area contributed by atoms with Gasteiger partial charge in [0.2, 0.25) is 0 Å². The second-order valence-corrected chi connectivity index (χ2v) is 4.89. The molecule has 4 heteroatoms. The molecule has 1 aliphatic rings. The lowest BCUT2D eigenvalue weighted by Crippen LogP contribution is -2.09. The Labute approximate surface area is 99.1 Å². The lowest BCUT2D eigenvalue weighted by Gasteiger charge is -2.13. The Morgan fingerprint density at radius 2 is 2.25 bits per heavy atom. The molecule has 1 aromatic rings. The van der Waals surface area contributed by atoms with Gasteiger partial charge in [-0.2, -0.15) is 0 Å². The highest BCUT2D eigenvalue weighted by Gasteiger charge is 2.19. The molecule has 0 aromatic heterocycles. The molecule has 0 N–H and O–H groups in total. The van der Waals surface area contributed by atoms with Gasteiger partial charge in [0.25, 0.3) is 0 Å². The summed E-state index contributed by atoms with van der Waals surface area (Å²) in [7, 11) is 0. The first kappa shape index (κ1) is 11.3. The zero-order valence-electron chi connectivity index (χ0n) is 9.57. The smallest absolute Gasteiger partial charge is 0.163 e. The molecule has 0 fully saturated rings. The van der Waals surface area contributed by atoms with E-state index in [1.165, 1.54) is 6.92 Å². The number of hydrogen-bond donors (Lipinski definition) is 0. The van der Waals surface area contributed by atoms with Crippen LogP contribution in [0.2, 0.25) is 0 Å². The van der Waals surface area contributed by atoms with Crippen LogP contribution in [0.25, 0.3) is 0 Å². The van der Waals surface area contributed by atoms with Crippen molar-refractivity contribution in [3.05, 3.63) is 17.7 Å². The summed E-state index contributed by atoms with van der Waals surface area (Å²) in [4.78, 5) is 12.5. The quantitative estimate of drug-likeness (QED) is 0.758. The van der Waals surface area contributed by atoms with Crippen LogP contribution in [0.15, 0.2) is 17.0 Å². The minimum absolute atomic E-state index is 0.000972. The Morgan fingerprint density at radius 1 is 1.50 bits per heavy atom. The van der Waals surface area contributed by atoms with E-state index in [0.717, 1.165) is 10.6 Å². The number of carbonyl (C=O) groups is 1. The maximum absolute atomic E-state index is 11.5. The van der Waals surface area contributed by atoms with Crippen LogP contribution >= 0.6 is 11.8 Å². The standard InChI is InChI=1S/C12H14O3S/c1-7(2)15-10-5-12-11(14-6-16-12)4-9(10)8(3)13/h4-5,7H,6H2,1-3H3. The first-order valence-electron chi connectivity index (χ1n) is 5.19. The zero-order chi connectivity index (χ0) is 11.7. The van der Waals surface area contributed by atoms with E-state index in [9.17, 15) is 4.79 Å². The van der Waals surface area contributed by atoms with Crippen LogP contribution < -0.4 is 9.47 Å². The summed E-state index contributed by atoms with van der Waals surface area (Å²) in [5.74, 6) is 2.04. The van der Waals surface area contributed by atoms with E-state index in [-0.39, 0.29) is 11.9 Å². The van der Waals surface area contributed by atoms with Crippen LogP contribution in [0, 0.1) is 0 Å². The van der Waals surface area contributed by atoms with Crippen molar-refractivity contribution in [3.8, 4) is 11.5 Å². The van der Waals surface area contributed by atoms with Gasteiger partial charge in [-0.15, -0.1) is 0 Å². The van der Waals surface area contributed by atoms with Crippen LogP contribution in [-0.4, -0.2) is 17.8 Å². The van der Waals surface area contributed by atoms with Crippen LogP contribution in [0.4, 0.5) is 0 Å². The third-order valence-corrected chi connectivity index (χ3v) is 3.08. The van der Waals surface area contributed by atoms with Gasteiger partial charge in [0.15, 0.2) is 5.78 Å². The van der Waals surface area contributed by atoms with Crippen LogP contribution in [0.5, 0.6) is 11.5 Å². The summed E-state index contributed by atoms with van der Waals surface area (Å²) in [5, 5.41) is 0. The topological polar surface area (TPSA) is 35.5 Å². The summed E-state index contributed by atoms with van der Waals surface area (Å²) < 4.78 is 11.0. The summed E-state index contributed by atoms with van der Waals surface area (Å²) >= 11 is 1.62. The molecular weight excluding hydrogens is 224 g/mol.